The van der Waals surface area contributed by atoms with E-state index in [2.05, 4.69) is 20.6 Å². The molecule has 0 aliphatic heterocycles. The monoisotopic (exact) mass is 264 g/mol. The van der Waals surface area contributed by atoms with Crippen molar-refractivity contribution in [3.05, 3.63) is 11.8 Å². The van der Waals surface area contributed by atoms with E-state index in [1.165, 1.54) is 6.42 Å². The summed E-state index contributed by atoms with van der Waals surface area (Å²) in [5, 5.41) is 16.4. The number of anilines is 2. The van der Waals surface area contributed by atoms with Crippen molar-refractivity contribution in [1.29, 1.82) is 0 Å². The van der Waals surface area contributed by atoms with E-state index >= 15 is 0 Å². The van der Waals surface area contributed by atoms with Gasteiger partial charge in [0.15, 0.2) is 0 Å². The van der Waals surface area contributed by atoms with Gasteiger partial charge in [-0.2, -0.15) is 4.98 Å². The minimum atomic E-state index is -0.169. The van der Waals surface area contributed by atoms with Gasteiger partial charge in [0.25, 0.3) is 0 Å². The molecule has 1 aliphatic carbocycles. The van der Waals surface area contributed by atoms with Gasteiger partial charge in [0, 0.05) is 30.8 Å². The zero-order chi connectivity index (χ0) is 13.7. The molecule has 0 spiro atoms. The summed E-state index contributed by atoms with van der Waals surface area (Å²) >= 11 is 0. The lowest BCUT2D eigenvalue weighted by Gasteiger charge is -2.27. The maximum atomic E-state index is 9.96. The average Bonchev–Trinajstić information content (AvgIpc) is 2.37. The van der Waals surface area contributed by atoms with Gasteiger partial charge in [0.1, 0.15) is 5.82 Å². The Morgan fingerprint density at radius 1 is 1.26 bits per heavy atom. The molecule has 0 amide bonds. The highest BCUT2D eigenvalue weighted by molar-refractivity contribution is 5.42. The minimum Gasteiger partial charge on any atom is -0.393 e. The molecule has 0 saturated heterocycles. The summed E-state index contributed by atoms with van der Waals surface area (Å²) in [6.45, 7) is 5.58. The number of nitrogens with one attached hydrogen (secondary N) is 2. The lowest BCUT2D eigenvalue weighted by atomic mass is 9.86. The highest BCUT2D eigenvalue weighted by atomic mass is 16.3. The SMILES string of the molecule is CCNc1nc(C)cc(NCC2CCCCC2O)n1. The van der Waals surface area contributed by atoms with Crippen LogP contribution in [0.1, 0.15) is 38.3 Å². The lowest BCUT2D eigenvalue weighted by molar-refractivity contribution is 0.0763. The van der Waals surface area contributed by atoms with Crippen molar-refractivity contribution in [2.45, 2.75) is 45.6 Å². The van der Waals surface area contributed by atoms with E-state index in [9.17, 15) is 5.11 Å². The van der Waals surface area contributed by atoms with Gasteiger partial charge in [-0.3, -0.25) is 0 Å². The topological polar surface area (TPSA) is 70.1 Å². The molecule has 3 N–H and O–H groups in total. The Morgan fingerprint density at radius 3 is 2.79 bits per heavy atom. The van der Waals surface area contributed by atoms with E-state index in [0.717, 1.165) is 43.9 Å². The predicted octanol–water partition coefficient (Wildman–Crippen LogP) is 2.18. The van der Waals surface area contributed by atoms with Gasteiger partial charge in [-0.25, -0.2) is 4.98 Å². The minimum absolute atomic E-state index is 0.169. The highest BCUT2D eigenvalue weighted by Gasteiger charge is 2.22. The fraction of sp³-hybridized carbons (Fsp3) is 0.714. The number of nitrogens with zero attached hydrogens (tertiary/aromatic N) is 2. The number of aliphatic hydroxyl groups excluding tert-OH is 1. The fourth-order valence-electron chi connectivity index (χ4n) is 2.56. The van der Waals surface area contributed by atoms with Crippen molar-refractivity contribution < 1.29 is 5.11 Å². The molecule has 5 nitrogen and oxygen atoms in total. The van der Waals surface area contributed by atoms with Gasteiger partial charge in [0.2, 0.25) is 5.95 Å². The Bertz CT molecular complexity index is 410. The first kappa shape index (κ1) is 14.1. The van der Waals surface area contributed by atoms with E-state index in [1.54, 1.807) is 0 Å². The first-order valence-corrected chi connectivity index (χ1v) is 7.20. The average molecular weight is 264 g/mol. The van der Waals surface area contributed by atoms with Gasteiger partial charge in [-0.1, -0.05) is 12.8 Å². The summed E-state index contributed by atoms with van der Waals surface area (Å²) in [5.41, 5.74) is 0.942. The molecular formula is C14H24N4O. The first-order chi connectivity index (χ1) is 9.19. The Kier molecular flexibility index (Phi) is 4.96. The van der Waals surface area contributed by atoms with Crippen LogP contribution in [0.25, 0.3) is 0 Å². The second-order valence-corrected chi connectivity index (χ2v) is 5.24. The maximum Gasteiger partial charge on any atom is 0.224 e. The van der Waals surface area contributed by atoms with E-state index < -0.39 is 0 Å². The predicted molar refractivity (Wildman–Crippen MR) is 77.4 cm³/mol. The molecule has 0 bridgehead atoms. The number of aryl methyl sites for hydroxylation is 1. The second kappa shape index (κ2) is 6.70. The number of hydrogen-bond acceptors (Lipinski definition) is 5. The third-order valence-corrected chi connectivity index (χ3v) is 3.60. The second-order valence-electron chi connectivity index (χ2n) is 5.24. The van der Waals surface area contributed by atoms with Crippen LogP contribution in [-0.4, -0.2) is 34.3 Å². The molecule has 1 saturated carbocycles. The molecule has 2 unspecified atom stereocenters. The molecule has 1 aromatic heterocycles. The molecule has 2 atom stereocenters. The lowest BCUT2D eigenvalue weighted by Crippen LogP contribution is -2.30. The number of hydrogen-bond donors (Lipinski definition) is 3. The normalized spacial score (nSPS) is 23.1. The zero-order valence-corrected chi connectivity index (χ0v) is 11.8. The third-order valence-electron chi connectivity index (χ3n) is 3.60. The molecule has 0 radical (unpaired) electrons. The largest absolute Gasteiger partial charge is 0.393 e. The van der Waals surface area contributed by atoms with Crippen LogP contribution in [0.2, 0.25) is 0 Å². The number of aliphatic hydroxyl groups is 1. The van der Waals surface area contributed by atoms with E-state index in [1.807, 2.05) is 19.9 Å². The van der Waals surface area contributed by atoms with Crippen molar-refractivity contribution in [3.63, 3.8) is 0 Å². The molecule has 0 aromatic carbocycles. The van der Waals surface area contributed by atoms with Crippen molar-refractivity contribution >= 4 is 11.8 Å². The molecule has 1 heterocycles. The third kappa shape index (κ3) is 4.06. The van der Waals surface area contributed by atoms with Crippen LogP contribution in [-0.2, 0) is 0 Å². The standard InChI is InChI=1S/C14H24N4O/c1-3-15-14-17-10(2)8-13(18-14)16-9-11-6-4-5-7-12(11)19/h8,11-12,19H,3-7,9H2,1-2H3,(H2,15,16,17,18). The Morgan fingerprint density at radius 2 is 2.05 bits per heavy atom. The summed E-state index contributed by atoms with van der Waals surface area (Å²) in [7, 11) is 0. The summed E-state index contributed by atoms with van der Waals surface area (Å²) in [4.78, 5) is 8.74. The van der Waals surface area contributed by atoms with Crippen molar-refractivity contribution in [2.75, 3.05) is 23.7 Å². The maximum absolute atomic E-state index is 9.96. The molecule has 106 valence electrons. The van der Waals surface area contributed by atoms with Crippen molar-refractivity contribution in [1.82, 2.24) is 9.97 Å². The van der Waals surface area contributed by atoms with Crippen LogP contribution >= 0.6 is 0 Å². The van der Waals surface area contributed by atoms with Crippen LogP contribution in [0.5, 0.6) is 0 Å². The van der Waals surface area contributed by atoms with Crippen molar-refractivity contribution in [3.8, 4) is 0 Å². The smallest absolute Gasteiger partial charge is 0.224 e. The van der Waals surface area contributed by atoms with E-state index in [-0.39, 0.29) is 6.10 Å². The number of aromatic nitrogens is 2. The molecule has 5 heteroatoms. The molecular weight excluding hydrogens is 240 g/mol. The van der Waals surface area contributed by atoms with Crippen molar-refractivity contribution in [2.24, 2.45) is 5.92 Å². The zero-order valence-electron chi connectivity index (χ0n) is 11.8. The summed E-state index contributed by atoms with van der Waals surface area (Å²) < 4.78 is 0. The van der Waals surface area contributed by atoms with Crippen LogP contribution in [0, 0.1) is 12.8 Å². The highest BCUT2D eigenvalue weighted by Crippen LogP contribution is 2.24. The molecule has 2 rings (SSSR count). The molecule has 19 heavy (non-hydrogen) atoms. The molecule has 1 fully saturated rings. The van der Waals surface area contributed by atoms with Gasteiger partial charge in [0.05, 0.1) is 6.10 Å². The van der Waals surface area contributed by atoms with E-state index in [4.69, 9.17) is 0 Å². The van der Waals surface area contributed by atoms with Crippen LogP contribution in [0.15, 0.2) is 6.07 Å². The Hall–Kier alpha value is -1.36. The van der Waals surface area contributed by atoms with Gasteiger partial charge >= 0.3 is 0 Å². The quantitative estimate of drug-likeness (QED) is 0.760. The van der Waals surface area contributed by atoms with Crippen LogP contribution < -0.4 is 10.6 Å². The Labute approximate surface area is 114 Å². The van der Waals surface area contributed by atoms with Gasteiger partial charge < -0.3 is 15.7 Å². The summed E-state index contributed by atoms with van der Waals surface area (Å²) in [5.74, 6) is 1.84. The number of rotatable bonds is 5. The first-order valence-electron chi connectivity index (χ1n) is 7.20. The molecule has 1 aromatic rings. The van der Waals surface area contributed by atoms with Gasteiger partial charge in [-0.05, 0) is 26.7 Å². The molecule has 1 aliphatic rings. The Balaban J connectivity index is 1.94. The summed E-state index contributed by atoms with van der Waals surface area (Å²) in [6.07, 6.45) is 4.22. The fourth-order valence-corrected chi connectivity index (χ4v) is 2.56. The van der Waals surface area contributed by atoms with Crippen LogP contribution in [0.3, 0.4) is 0 Å². The summed E-state index contributed by atoms with van der Waals surface area (Å²) in [6, 6.07) is 1.94. The van der Waals surface area contributed by atoms with Crippen LogP contribution in [0.4, 0.5) is 11.8 Å². The van der Waals surface area contributed by atoms with Gasteiger partial charge in [-0.15, -0.1) is 0 Å². The van der Waals surface area contributed by atoms with E-state index in [0.29, 0.717) is 11.9 Å².